The van der Waals surface area contributed by atoms with E-state index in [0.29, 0.717) is 28.5 Å². The fourth-order valence-electron chi connectivity index (χ4n) is 3.69. The molecule has 2 aromatic rings. The molecule has 140 valence electrons. The molecule has 1 aliphatic carbocycles. The predicted molar refractivity (Wildman–Crippen MR) is 99.7 cm³/mol. The minimum absolute atomic E-state index is 0.0489. The van der Waals surface area contributed by atoms with E-state index in [0.717, 1.165) is 51.0 Å². The van der Waals surface area contributed by atoms with Gasteiger partial charge in [-0.1, -0.05) is 11.6 Å². The molecule has 1 aromatic carbocycles. The van der Waals surface area contributed by atoms with Crippen LogP contribution in [0, 0.1) is 11.7 Å². The van der Waals surface area contributed by atoms with Crippen molar-refractivity contribution in [2.24, 2.45) is 5.92 Å². The Labute approximate surface area is 157 Å². The van der Waals surface area contributed by atoms with Gasteiger partial charge in [0.05, 0.1) is 17.1 Å². The van der Waals surface area contributed by atoms with E-state index >= 15 is 0 Å². The summed E-state index contributed by atoms with van der Waals surface area (Å²) < 4.78 is 13.9. The highest BCUT2D eigenvalue weighted by Crippen LogP contribution is 2.34. The fourth-order valence-corrected chi connectivity index (χ4v) is 3.89. The molecule has 2 N–H and O–H groups in total. The van der Waals surface area contributed by atoms with Crippen LogP contribution in [0.25, 0.3) is 11.0 Å². The van der Waals surface area contributed by atoms with Crippen LogP contribution in [0.5, 0.6) is 0 Å². The van der Waals surface area contributed by atoms with Crippen LogP contribution in [-0.4, -0.2) is 45.9 Å². The van der Waals surface area contributed by atoms with Crippen molar-refractivity contribution >= 4 is 28.5 Å². The fraction of sp³-hybridized carbons (Fsp3) is 0.579. The van der Waals surface area contributed by atoms with Crippen molar-refractivity contribution in [1.29, 1.82) is 0 Å². The first kappa shape index (κ1) is 17.7. The minimum Gasteiger partial charge on any atom is -0.350 e. The van der Waals surface area contributed by atoms with E-state index in [2.05, 4.69) is 27.1 Å². The van der Waals surface area contributed by atoms with E-state index in [1.165, 1.54) is 6.07 Å². The highest BCUT2D eigenvalue weighted by atomic mass is 35.5. The van der Waals surface area contributed by atoms with Crippen molar-refractivity contribution in [3.05, 3.63) is 28.8 Å². The van der Waals surface area contributed by atoms with Gasteiger partial charge in [0.1, 0.15) is 11.3 Å². The zero-order valence-electron chi connectivity index (χ0n) is 14.9. The first-order valence-electron chi connectivity index (χ1n) is 9.28. The normalized spacial score (nSPS) is 20.4. The number of benzene rings is 1. The molecule has 0 spiro atoms. The topological polar surface area (TPSA) is 61.0 Å². The molecule has 0 atom stereocenters. The van der Waals surface area contributed by atoms with Gasteiger partial charge in [-0.2, -0.15) is 0 Å². The molecular formula is C19H24ClFN4O. The maximum atomic E-state index is 13.9. The smallest absolute Gasteiger partial charge is 0.234 e. The minimum atomic E-state index is -0.350. The number of aromatic amines is 1. The maximum absolute atomic E-state index is 13.9. The number of piperidine rings is 1. The number of carbonyl (C=O) groups excluding carboxylic acids is 1. The Morgan fingerprint density at radius 2 is 2.15 bits per heavy atom. The van der Waals surface area contributed by atoms with Gasteiger partial charge in [-0.05, 0) is 63.7 Å². The van der Waals surface area contributed by atoms with Crippen LogP contribution < -0.4 is 5.32 Å². The summed E-state index contributed by atoms with van der Waals surface area (Å²) in [6.07, 6.45) is 4.98. The lowest BCUT2D eigenvalue weighted by molar-refractivity contribution is -0.123. The SMILES string of the molecule is CC1(NC(=O)CN2CCC(Cc3nc4c(F)ccc(Cl)c4[nH]3)CC2)CC1. The number of halogens is 2. The molecule has 2 heterocycles. The van der Waals surface area contributed by atoms with Crippen molar-refractivity contribution in [3.8, 4) is 0 Å². The van der Waals surface area contributed by atoms with Gasteiger partial charge in [-0.25, -0.2) is 9.37 Å². The summed E-state index contributed by atoms with van der Waals surface area (Å²) in [4.78, 5) is 21.9. The summed E-state index contributed by atoms with van der Waals surface area (Å²) in [5.74, 6) is 1.05. The van der Waals surface area contributed by atoms with Gasteiger partial charge >= 0.3 is 0 Å². The Morgan fingerprint density at radius 3 is 2.81 bits per heavy atom. The summed E-state index contributed by atoms with van der Waals surface area (Å²) >= 11 is 6.12. The lowest BCUT2D eigenvalue weighted by Gasteiger charge is -2.31. The van der Waals surface area contributed by atoms with E-state index in [4.69, 9.17) is 11.6 Å². The lowest BCUT2D eigenvalue weighted by Crippen LogP contribution is -2.44. The van der Waals surface area contributed by atoms with Gasteiger partial charge < -0.3 is 10.3 Å². The second-order valence-electron chi connectivity index (χ2n) is 7.97. The predicted octanol–water partition coefficient (Wildman–Crippen LogP) is 3.28. The van der Waals surface area contributed by atoms with Crippen LogP contribution in [-0.2, 0) is 11.2 Å². The third kappa shape index (κ3) is 3.86. The Hall–Kier alpha value is -1.66. The third-order valence-electron chi connectivity index (χ3n) is 5.59. The standard InChI is InChI=1S/C19H24ClFN4O/c1-19(6-7-19)24-16(26)11-25-8-4-12(5-9-25)10-15-22-17-13(20)2-3-14(21)18(17)23-15/h2-3,12H,4-11H2,1H3,(H,22,23)(H,24,26). The van der Waals surface area contributed by atoms with Crippen LogP contribution in [0.2, 0.25) is 5.02 Å². The number of amides is 1. The second kappa shape index (κ2) is 6.82. The summed E-state index contributed by atoms with van der Waals surface area (Å²) in [5, 5.41) is 3.60. The molecule has 1 saturated carbocycles. The van der Waals surface area contributed by atoms with Crippen molar-refractivity contribution in [3.63, 3.8) is 0 Å². The molecule has 2 fully saturated rings. The lowest BCUT2D eigenvalue weighted by atomic mass is 9.93. The molecule has 1 aliphatic heterocycles. The number of fused-ring (bicyclic) bond motifs is 1. The maximum Gasteiger partial charge on any atom is 0.234 e. The van der Waals surface area contributed by atoms with Gasteiger partial charge in [-0.3, -0.25) is 9.69 Å². The van der Waals surface area contributed by atoms with Crippen LogP contribution >= 0.6 is 11.6 Å². The Kier molecular flexibility index (Phi) is 4.65. The van der Waals surface area contributed by atoms with Crippen molar-refractivity contribution in [2.75, 3.05) is 19.6 Å². The first-order valence-corrected chi connectivity index (χ1v) is 9.66. The largest absolute Gasteiger partial charge is 0.350 e. The summed E-state index contributed by atoms with van der Waals surface area (Å²) in [6.45, 7) is 4.39. The number of nitrogens with zero attached hydrogens (tertiary/aromatic N) is 2. The van der Waals surface area contributed by atoms with E-state index in [-0.39, 0.29) is 17.3 Å². The van der Waals surface area contributed by atoms with Crippen LogP contribution in [0.1, 0.15) is 38.4 Å². The average molecular weight is 379 g/mol. The third-order valence-corrected chi connectivity index (χ3v) is 5.91. The quantitative estimate of drug-likeness (QED) is 0.839. The number of H-pyrrole nitrogens is 1. The molecule has 4 rings (SSSR count). The number of carbonyl (C=O) groups is 1. The van der Waals surface area contributed by atoms with Gasteiger partial charge in [0.25, 0.3) is 0 Å². The van der Waals surface area contributed by atoms with E-state index < -0.39 is 0 Å². The number of hydrogen-bond acceptors (Lipinski definition) is 3. The van der Waals surface area contributed by atoms with E-state index in [9.17, 15) is 9.18 Å². The van der Waals surface area contributed by atoms with Crippen molar-refractivity contribution < 1.29 is 9.18 Å². The summed E-state index contributed by atoms with van der Waals surface area (Å²) in [6, 6.07) is 2.90. The van der Waals surface area contributed by atoms with Crippen molar-refractivity contribution in [1.82, 2.24) is 20.2 Å². The van der Waals surface area contributed by atoms with Gasteiger partial charge in [0, 0.05) is 12.0 Å². The number of hydrogen-bond donors (Lipinski definition) is 2. The Bertz CT molecular complexity index is 785. The second-order valence-corrected chi connectivity index (χ2v) is 8.38. The molecule has 5 nitrogen and oxygen atoms in total. The Morgan fingerprint density at radius 1 is 1.42 bits per heavy atom. The number of nitrogens with one attached hydrogen (secondary N) is 2. The zero-order valence-corrected chi connectivity index (χ0v) is 15.7. The molecular weight excluding hydrogens is 355 g/mol. The molecule has 0 bridgehead atoms. The highest BCUT2D eigenvalue weighted by Gasteiger charge is 2.38. The van der Waals surface area contributed by atoms with Crippen LogP contribution in [0.15, 0.2) is 12.1 Å². The van der Waals surface area contributed by atoms with Gasteiger partial charge in [-0.15, -0.1) is 0 Å². The van der Waals surface area contributed by atoms with Crippen LogP contribution in [0.4, 0.5) is 4.39 Å². The monoisotopic (exact) mass is 378 g/mol. The number of imidazole rings is 1. The van der Waals surface area contributed by atoms with Gasteiger partial charge in [0.2, 0.25) is 5.91 Å². The molecule has 26 heavy (non-hydrogen) atoms. The average Bonchev–Trinajstić information content (AvgIpc) is 3.16. The first-order chi connectivity index (χ1) is 12.4. The number of aromatic nitrogens is 2. The number of rotatable bonds is 5. The molecule has 0 radical (unpaired) electrons. The number of likely N-dealkylation sites (tertiary alicyclic amines) is 1. The zero-order chi connectivity index (χ0) is 18.3. The van der Waals surface area contributed by atoms with E-state index in [1.807, 2.05) is 0 Å². The molecule has 7 heteroatoms. The molecule has 1 aromatic heterocycles. The van der Waals surface area contributed by atoms with Crippen LogP contribution in [0.3, 0.4) is 0 Å². The Balaban J connectivity index is 1.30. The van der Waals surface area contributed by atoms with E-state index in [1.54, 1.807) is 6.07 Å². The highest BCUT2D eigenvalue weighted by molar-refractivity contribution is 6.34. The molecule has 1 amide bonds. The molecule has 2 aliphatic rings. The van der Waals surface area contributed by atoms with Crippen molar-refractivity contribution in [2.45, 2.75) is 44.6 Å². The van der Waals surface area contributed by atoms with Gasteiger partial charge in [0.15, 0.2) is 5.82 Å². The summed E-state index contributed by atoms with van der Waals surface area (Å²) in [5.41, 5.74) is 0.937. The molecule has 0 unspecified atom stereocenters. The summed E-state index contributed by atoms with van der Waals surface area (Å²) in [7, 11) is 0. The molecule has 1 saturated heterocycles.